The minimum Gasteiger partial charge on any atom is -0.497 e. The summed E-state index contributed by atoms with van der Waals surface area (Å²) in [5, 5.41) is 3.20. The third-order valence-electron chi connectivity index (χ3n) is 5.19. The van der Waals surface area contributed by atoms with E-state index in [4.69, 9.17) is 9.47 Å². The fourth-order valence-corrected chi connectivity index (χ4v) is 3.21. The van der Waals surface area contributed by atoms with Crippen molar-refractivity contribution in [2.75, 3.05) is 14.2 Å². The minimum atomic E-state index is -0.164. The number of ether oxygens (including phenoxy) is 2. The number of benzene rings is 3. The number of carbonyl (C=O) groups is 1. The molecule has 3 rings (SSSR count). The first-order valence-corrected chi connectivity index (χ1v) is 9.65. The maximum Gasteiger partial charge on any atom is 0.251 e. The van der Waals surface area contributed by atoms with Gasteiger partial charge in [-0.1, -0.05) is 30.3 Å². The highest BCUT2D eigenvalue weighted by Gasteiger charge is 2.17. The predicted octanol–water partition coefficient (Wildman–Crippen LogP) is 5.03. The third-order valence-corrected chi connectivity index (χ3v) is 5.19. The van der Waals surface area contributed by atoms with E-state index in [0.717, 1.165) is 28.2 Å². The number of aryl methyl sites for hydroxylation is 2. The van der Waals surface area contributed by atoms with Crippen molar-refractivity contribution < 1.29 is 14.3 Å². The quantitative estimate of drug-likeness (QED) is 0.616. The molecule has 1 unspecified atom stereocenters. The van der Waals surface area contributed by atoms with Crippen LogP contribution in [0.2, 0.25) is 0 Å². The van der Waals surface area contributed by atoms with E-state index in [1.54, 1.807) is 14.2 Å². The predicted molar refractivity (Wildman–Crippen MR) is 116 cm³/mol. The molecule has 1 amide bonds. The van der Waals surface area contributed by atoms with E-state index in [-0.39, 0.29) is 11.9 Å². The van der Waals surface area contributed by atoms with Crippen molar-refractivity contribution in [2.45, 2.75) is 26.3 Å². The van der Waals surface area contributed by atoms with Gasteiger partial charge >= 0.3 is 0 Å². The molecule has 0 aliphatic rings. The van der Waals surface area contributed by atoms with Gasteiger partial charge in [-0.2, -0.15) is 0 Å². The topological polar surface area (TPSA) is 47.6 Å². The van der Waals surface area contributed by atoms with Crippen LogP contribution in [0.1, 0.15) is 38.7 Å². The molecular weight excluding hydrogens is 362 g/mol. The maximum atomic E-state index is 12.9. The van der Waals surface area contributed by atoms with Crippen LogP contribution in [0.15, 0.2) is 66.7 Å². The molecule has 150 valence electrons. The van der Waals surface area contributed by atoms with Gasteiger partial charge in [0.05, 0.1) is 20.3 Å². The number of amides is 1. The number of rotatable bonds is 7. The highest BCUT2D eigenvalue weighted by molar-refractivity contribution is 5.94. The zero-order chi connectivity index (χ0) is 20.8. The first kappa shape index (κ1) is 20.5. The lowest BCUT2D eigenvalue weighted by molar-refractivity contribution is 0.0936. The van der Waals surface area contributed by atoms with E-state index in [1.165, 1.54) is 5.56 Å². The van der Waals surface area contributed by atoms with Crippen molar-refractivity contribution in [3.63, 3.8) is 0 Å². The van der Waals surface area contributed by atoms with Crippen LogP contribution in [0.25, 0.3) is 0 Å². The fraction of sp³-hybridized carbons (Fsp3) is 0.240. The first-order valence-electron chi connectivity index (χ1n) is 9.65. The average Bonchev–Trinajstić information content (AvgIpc) is 2.75. The Bertz CT molecular complexity index is 962. The Morgan fingerprint density at radius 3 is 1.97 bits per heavy atom. The Morgan fingerprint density at radius 1 is 0.828 bits per heavy atom. The van der Waals surface area contributed by atoms with Gasteiger partial charge in [0.25, 0.3) is 5.91 Å². The number of nitrogens with one attached hydrogen (secondary N) is 1. The van der Waals surface area contributed by atoms with E-state index in [2.05, 4.69) is 5.32 Å². The second-order valence-corrected chi connectivity index (χ2v) is 7.15. The molecule has 0 aromatic heterocycles. The highest BCUT2D eigenvalue weighted by atomic mass is 16.5. The SMILES string of the molecule is COc1ccc(CC(NC(=O)c2ccc(C)c(C)c2)c2ccc(OC)cc2)cc1. The summed E-state index contributed by atoms with van der Waals surface area (Å²) in [7, 11) is 3.30. The monoisotopic (exact) mass is 389 g/mol. The standard InChI is InChI=1S/C25H27NO3/c1-17-5-8-21(15-18(17)2)25(27)26-24(20-9-13-23(29-4)14-10-20)16-19-6-11-22(28-3)12-7-19/h5-15,24H,16H2,1-4H3,(H,26,27). The van der Waals surface area contributed by atoms with Crippen molar-refractivity contribution in [3.05, 3.63) is 94.5 Å². The van der Waals surface area contributed by atoms with Crippen LogP contribution in [0.4, 0.5) is 0 Å². The molecule has 0 aliphatic carbocycles. The largest absolute Gasteiger partial charge is 0.497 e. The molecule has 0 heterocycles. The molecule has 0 spiro atoms. The average molecular weight is 389 g/mol. The molecule has 3 aromatic carbocycles. The smallest absolute Gasteiger partial charge is 0.251 e. The number of hydrogen-bond donors (Lipinski definition) is 1. The molecule has 4 nitrogen and oxygen atoms in total. The second kappa shape index (κ2) is 9.28. The fourth-order valence-electron chi connectivity index (χ4n) is 3.21. The molecule has 0 fully saturated rings. The maximum absolute atomic E-state index is 12.9. The minimum absolute atomic E-state index is 0.0811. The molecule has 0 saturated carbocycles. The Kier molecular flexibility index (Phi) is 6.55. The van der Waals surface area contributed by atoms with E-state index >= 15 is 0 Å². The van der Waals surface area contributed by atoms with Crippen molar-refractivity contribution in [2.24, 2.45) is 0 Å². The summed E-state index contributed by atoms with van der Waals surface area (Å²) in [5.74, 6) is 1.52. The van der Waals surface area contributed by atoms with Gasteiger partial charge in [-0.05, 0) is 78.9 Å². The van der Waals surface area contributed by atoms with Crippen molar-refractivity contribution in [3.8, 4) is 11.5 Å². The third kappa shape index (κ3) is 5.17. The summed E-state index contributed by atoms with van der Waals surface area (Å²) in [6.07, 6.45) is 0.674. The Balaban J connectivity index is 1.85. The summed E-state index contributed by atoms with van der Waals surface area (Å²) in [6, 6.07) is 21.4. The van der Waals surface area contributed by atoms with Gasteiger partial charge in [0.2, 0.25) is 0 Å². The Labute approximate surface area is 172 Å². The molecule has 0 radical (unpaired) electrons. The van der Waals surface area contributed by atoms with Crippen LogP contribution in [-0.4, -0.2) is 20.1 Å². The molecule has 1 atom stereocenters. The number of methoxy groups -OCH3 is 2. The van der Waals surface area contributed by atoms with Crippen LogP contribution < -0.4 is 14.8 Å². The van der Waals surface area contributed by atoms with Gasteiger partial charge < -0.3 is 14.8 Å². The second-order valence-electron chi connectivity index (χ2n) is 7.15. The normalized spacial score (nSPS) is 11.6. The van der Waals surface area contributed by atoms with Gasteiger partial charge in [0, 0.05) is 5.56 Å². The van der Waals surface area contributed by atoms with Crippen molar-refractivity contribution >= 4 is 5.91 Å². The summed E-state index contributed by atoms with van der Waals surface area (Å²) in [6.45, 7) is 4.06. The van der Waals surface area contributed by atoms with Crippen LogP contribution >= 0.6 is 0 Å². The molecular formula is C25H27NO3. The van der Waals surface area contributed by atoms with Crippen LogP contribution in [0, 0.1) is 13.8 Å². The van der Waals surface area contributed by atoms with E-state index in [0.29, 0.717) is 12.0 Å². The summed E-state index contributed by atoms with van der Waals surface area (Å²) < 4.78 is 10.5. The number of carbonyl (C=O) groups excluding carboxylic acids is 1. The van der Waals surface area contributed by atoms with Crippen molar-refractivity contribution in [1.29, 1.82) is 0 Å². The summed E-state index contributed by atoms with van der Waals surface area (Å²) >= 11 is 0. The molecule has 1 N–H and O–H groups in total. The Morgan fingerprint density at radius 2 is 1.41 bits per heavy atom. The van der Waals surface area contributed by atoms with Gasteiger partial charge in [-0.25, -0.2) is 0 Å². The van der Waals surface area contributed by atoms with Gasteiger partial charge in [0.15, 0.2) is 0 Å². The Hall–Kier alpha value is -3.27. The lowest BCUT2D eigenvalue weighted by Crippen LogP contribution is -2.30. The lowest BCUT2D eigenvalue weighted by atomic mass is 9.97. The molecule has 3 aromatic rings. The summed E-state index contributed by atoms with van der Waals surface area (Å²) in [5.41, 5.74) is 5.09. The van der Waals surface area contributed by atoms with Gasteiger partial charge in [0.1, 0.15) is 11.5 Å². The molecule has 0 bridgehead atoms. The first-order chi connectivity index (χ1) is 14.0. The molecule has 0 aliphatic heterocycles. The van der Waals surface area contributed by atoms with E-state index in [1.807, 2.05) is 80.6 Å². The zero-order valence-corrected chi connectivity index (χ0v) is 17.4. The lowest BCUT2D eigenvalue weighted by Gasteiger charge is -2.20. The van der Waals surface area contributed by atoms with Crippen LogP contribution in [0.3, 0.4) is 0 Å². The summed E-state index contributed by atoms with van der Waals surface area (Å²) in [4.78, 5) is 12.9. The van der Waals surface area contributed by atoms with Crippen molar-refractivity contribution in [1.82, 2.24) is 5.32 Å². The number of hydrogen-bond acceptors (Lipinski definition) is 3. The van der Waals surface area contributed by atoms with Gasteiger partial charge in [-0.3, -0.25) is 4.79 Å². The van der Waals surface area contributed by atoms with E-state index < -0.39 is 0 Å². The van der Waals surface area contributed by atoms with Crippen LogP contribution in [-0.2, 0) is 6.42 Å². The molecule has 4 heteroatoms. The zero-order valence-electron chi connectivity index (χ0n) is 17.4. The molecule has 0 saturated heterocycles. The highest BCUT2D eigenvalue weighted by Crippen LogP contribution is 2.23. The van der Waals surface area contributed by atoms with E-state index in [9.17, 15) is 4.79 Å². The van der Waals surface area contributed by atoms with Crippen LogP contribution in [0.5, 0.6) is 11.5 Å². The van der Waals surface area contributed by atoms with Gasteiger partial charge in [-0.15, -0.1) is 0 Å². The molecule has 29 heavy (non-hydrogen) atoms.